The number of halogens is 3. The zero-order chi connectivity index (χ0) is 21.6. The Labute approximate surface area is 175 Å². The Morgan fingerprint density at radius 3 is 2.74 bits per heavy atom. The van der Waals surface area contributed by atoms with Gasteiger partial charge in [0.25, 0.3) is 0 Å². The lowest BCUT2D eigenvalue weighted by Gasteiger charge is -2.15. The van der Waals surface area contributed by atoms with Gasteiger partial charge in [0.15, 0.2) is 28.8 Å². The van der Waals surface area contributed by atoms with Crippen molar-refractivity contribution in [1.82, 2.24) is 9.78 Å². The van der Waals surface area contributed by atoms with E-state index in [0.717, 1.165) is 36.9 Å². The Morgan fingerprint density at radius 1 is 1.10 bits per heavy atom. The summed E-state index contributed by atoms with van der Waals surface area (Å²) in [4.78, 5) is 0. The van der Waals surface area contributed by atoms with Crippen LogP contribution in [0.2, 0.25) is 0 Å². The van der Waals surface area contributed by atoms with Crippen LogP contribution < -0.4 is 14.2 Å². The lowest BCUT2D eigenvalue weighted by molar-refractivity contribution is -0.286. The molecule has 2 aliphatic rings. The first kappa shape index (κ1) is 19.3. The van der Waals surface area contributed by atoms with Crippen LogP contribution >= 0.6 is 0 Å². The van der Waals surface area contributed by atoms with Gasteiger partial charge in [-0.15, -0.1) is 8.78 Å². The second kappa shape index (κ2) is 7.23. The molecule has 0 N–H and O–H groups in total. The highest BCUT2D eigenvalue weighted by molar-refractivity contribution is 5.47. The molecule has 6 nitrogen and oxygen atoms in total. The molecule has 0 saturated carbocycles. The molecule has 3 aromatic rings. The number of nitriles is 1. The van der Waals surface area contributed by atoms with Gasteiger partial charge in [0, 0.05) is 17.3 Å². The zero-order valence-electron chi connectivity index (χ0n) is 16.2. The van der Waals surface area contributed by atoms with E-state index in [4.69, 9.17) is 4.74 Å². The van der Waals surface area contributed by atoms with Gasteiger partial charge in [-0.05, 0) is 55.5 Å². The molecule has 2 heterocycles. The van der Waals surface area contributed by atoms with Crippen molar-refractivity contribution in [2.45, 2.75) is 38.6 Å². The Balaban J connectivity index is 1.40. The van der Waals surface area contributed by atoms with Crippen LogP contribution in [-0.2, 0) is 19.4 Å². The van der Waals surface area contributed by atoms with E-state index in [0.29, 0.717) is 16.9 Å². The van der Waals surface area contributed by atoms with E-state index in [1.165, 1.54) is 30.3 Å². The summed E-state index contributed by atoms with van der Waals surface area (Å²) in [6, 6.07) is 10.7. The van der Waals surface area contributed by atoms with Gasteiger partial charge < -0.3 is 14.2 Å². The van der Waals surface area contributed by atoms with Crippen LogP contribution in [0.3, 0.4) is 0 Å². The second-order valence-corrected chi connectivity index (χ2v) is 7.36. The molecule has 0 fully saturated rings. The Morgan fingerprint density at radius 2 is 1.90 bits per heavy atom. The van der Waals surface area contributed by atoms with Crippen molar-refractivity contribution < 1.29 is 27.4 Å². The van der Waals surface area contributed by atoms with Crippen LogP contribution in [-0.4, -0.2) is 16.1 Å². The van der Waals surface area contributed by atoms with Gasteiger partial charge >= 0.3 is 6.29 Å². The molecule has 1 aliphatic heterocycles. The van der Waals surface area contributed by atoms with Gasteiger partial charge in [-0.1, -0.05) is 6.07 Å². The molecule has 1 aromatic heterocycles. The monoisotopic (exact) mass is 427 g/mol. The summed E-state index contributed by atoms with van der Waals surface area (Å²) in [6.45, 7) is -0.0662. The van der Waals surface area contributed by atoms with E-state index in [1.807, 2.05) is 0 Å². The highest BCUT2D eigenvalue weighted by Crippen LogP contribution is 2.41. The quantitative estimate of drug-likeness (QED) is 0.606. The summed E-state index contributed by atoms with van der Waals surface area (Å²) >= 11 is 0. The molecule has 0 atom stereocenters. The van der Waals surface area contributed by atoms with Crippen LogP contribution in [0.1, 0.15) is 35.4 Å². The number of hydrogen-bond donors (Lipinski definition) is 0. The average molecular weight is 427 g/mol. The summed E-state index contributed by atoms with van der Waals surface area (Å²) in [5.41, 5.74) is 3.38. The topological polar surface area (TPSA) is 69.3 Å². The molecule has 0 spiro atoms. The summed E-state index contributed by atoms with van der Waals surface area (Å²) in [5.74, 6) is -0.761. The van der Waals surface area contributed by atoms with Crippen LogP contribution in [0.4, 0.5) is 13.2 Å². The number of rotatable bonds is 4. The number of nitrogens with zero attached hydrogens (tertiary/aromatic N) is 3. The number of hydrogen-bond acceptors (Lipinski definition) is 5. The van der Waals surface area contributed by atoms with Crippen LogP contribution in [0.5, 0.6) is 17.2 Å². The third-order valence-electron chi connectivity index (χ3n) is 5.31. The lowest BCUT2D eigenvalue weighted by Crippen LogP contribution is -2.25. The van der Waals surface area contributed by atoms with Crippen LogP contribution in [0.15, 0.2) is 36.4 Å². The summed E-state index contributed by atoms with van der Waals surface area (Å²) in [7, 11) is 0. The lowest BCUT2D eigenvalue weighted by atomic mass is 9.96. The minimum absolute atomic E-state index is 0.0148. The maximum Gasteiger partial charge on any atom is 0.586 e. The Kier molecular flexibility index (Phi) is 4.50. The van der Waals surface area contributed by atoms with Gasteiger partial charge in [0.2, 0.25) is 0 Å². The fraction of sp³-hybridized carbons (Fsp3) is 0.273. The summed E-state index contributed by atoms with van der Waals surface area (Å²) in [6.07, 6.45) is -0.108. The van der Waals surface area contributed by atoms with Crippen molar-refractivity contribution >= 4 is 0 Å². The number of alkyl halides is 2. The SMILES string of the molecule is N#Cc1nn(-c2ccc(F)c(OCc3ccc4c(c3)OC(F)(F)O4)c2)c2c1CCCC2. The van der Waals surface area contributed by atoms with E-state index >= 15 is 0 Å². The largest absolute Gasteiger partial charge is 0.586 e. The van der Waals surface area contributed by atoms with E-state index in [-0.39, 0.29) is 23.9 Å². The van der Waals surface area contributed by atoms with E-state index in [1.54, 1.807) is 10.7 Å². The van der Waals surface area contributed by atoms with E-state index in [2.05, 4.69) is 20.6 Å². The number of benzene rings is 2. The van der Waals surface area contributed by atoms with Gasteiger partial charge in [-0.3, -0.25) is 0 Å². The van der Waals surface area contributed by atoms with Crippen molar-refractivity contribution in [2.24, 2.45) is 0 Å². The minimum Gasteiger partial charge on any atom is -0.486 e. The standard InChI is InChI=1S/C22H16F3N3O3/c23-16-7-6-14(28-18-4-2-1-3-15(18)17(11-26)27-28)10-20(16)29-12-13-5-8-19-21(9-13)31-22(24,25)30-19/h5-10H,1-4,12H2. The van der Waals surface area contributed by atoms with Crippen molar-refractivity contribution in [1.29, 1.82) is 5.26 Å². The van der Waals surface area contributed by atoms with Gasteiger partial charge in [0.05, 0.1) is 5.69 Å². The summed E-state index contributed by atoms with van der Waals surface area (Å²) < 4.78 is 56.8. The second-order valence-electron chi connectivity index (χ2n) is 7.36. The third-order valence-corrected chi connectivity index (χ3v) is 5.31. The maximum absolute atomic E-state index is 14.4. The van der Waals surface area contributed by atoms with E-state index < -0.39 is 12.1 Å². The van der Waals surface area contributed by atoms with Crippen LogP contribution in [0.25, 0.3) is 5.69 Å². The van der Waals surface area contributed by atoms with Crippen molar-refractivity contribution in [2.75, 3.05) is 0 Å². The average Bonchev–Trinajstić information content (AvgIpc) is 3.28. The fourth-order valence-corrected chi connectivity index (χ4v) is 3.88. The molecule has 0 amide bonds. The molecule has 31 heavy (non-hydrogen) atoms. The smallest absolute Gasteiger partial charge is 0.486 e. The molecule has 0 unspecified atom stereocenters. The first-order valence-electron chi connectivity index (χ1n) is 9.76. The molecule has 1 aliphatic carbocycles. The molecule has 0 saturated heterocycles. The van der Waals surface area contributed by atoms with Crippen molar-refractivity contribution in [3.63, 3.8) is 0 Å². The molecular weight excluding hydrogens is 411 g/mol. The highest BCUT2D eigenvalue weighted by Gasteiger charge is 2.43. The van der Waals surface area contributed by atoms with Gasteiger partial charge in [-0.25, -0.2) is 9.07 Å². The van der Waals surface area contributed by atoms with Crippen LogP contribution in [0, 0.1) is 17.1 Å². The number of fused-ring (bicyclic) bond motifs is 2. The van der Waals surface area contributed by atoms with Gasteiger partial charge in [-0.2, -0.15) is 10.4 Å². The normalized spacial score (nSPS) is 15.9. The third kappa shape index (κ3) is 3.54. The highest BCUT2D eigenvalue weighted by atomic mass is 19.3. The molecule has 9 heteroatoms. The number of ether oxygens (including phenoxy) is 3. The molecule has 5 rings (SSSR count). The maximum atomic E-state index is 14.4. The first-order valence-corrected chi connectivity index (χ1v) is 9.76. The predicted octanol–water partition coefficient (Wildman–Crippen LogP) is 4.66. The van der Waals surface area contributed by atoms with Crippen molar-refractivity contribution in [3.8, 4) is 29.0 Å². The van der Waals surface area contributed by atoms with Gasteiger partial charge in [0.1, 0.15) is 12.7 Å². The molecular formula is C22H16F3N3O3. The van der Waals surface area contributed by atoms with E-state index in [9.17, 15) is 18.4 Å². The molecule has 0 radical (unpaired) electrons. The molecule has 0 bridgehead atoms. The number of aromatic nitrogens is 2. The predicted molar refractivity (Wildman–Crippen MR) is 102 cm³/mol. The molecule has 158 valence electrons. The Hall–Kier alpha value is -3.67. The van der Waals surface area contributed by atoms with Crippen molar-refractivity contribution in [3.05, 3.63) is 64.7 Å². The minimum atomic E-state index is -3.70. The summed E-state index contributed by atoms with van der Waals surface area (Å²) in [5, 5.41) is 13.8. The zero-order valence-corrected chi connectivity index (χ0v) is 16.2. The Bertz CT molecular complexity index is 1220. The first-order chi connectivity index (χ1) is 14.9. The fourth-order valence-electron chi connectivity index (χ4n) is 3.88. The molecule has 2 aromatic carbocycles.